The molecule has 1 aromatic rings. The number of carbonyl (C=O) groups excluding carboxylic acids is 1. The van der Waals surface area contributed by atoms with E-state index in [0.717, 1.165) is 12.8 Å². The summed E-state index contributed by atoms with van der Waals surface area (Å²) in [5.41, 5.74) is 3.85. The maximum Gasteiger partial charge on any atom is 0.137 e. The Morgan fingerprint density at radius 3 is 2.16 bits per heavy atom. The number of carbonyl (C=O) groups is 1. The van der Waals surface area contributed by atoms with E-state index in [0.29, 0.717) is 11.7 Å². The van der Waals surface area contributed by atoms with Gasteiger partial charge >= 0.3 is 0 Å². The summed E-state index contributed by atoms with van der Waals surface area (Å²) in [6.45, 7) is 10.9. The van der Waals surface area contributed by atoms with Crippen molar-refractivity contribution in [1.82, 2.24) is 0 Å². The fraction of sp³-hybridized carbons (Fsp3) is 0.611. The van der Waals surface area contributed by atoms with Gasteiger partial charge in [-0.25, -0.2) is 0 Å². The zero-order valence-corrected chi connectivity index (χ0v) is 12.9. The van der Waals surface area contributed by atoms with E-state index in [4.69, 9.17) is 0 Å². The monoisotopic (exact) mass is 258 g/mol. The zero-order chi connectivity index (χ0) is 14.2. The van der Waals surface area contributed by atoms with E-state index in [1.54, 1.807) is 0 Å². The minimum absolute atomic E-state index is 0.0476. The van der Waals surface area contributed by atoms with Crippen molar-refractivity contribution < 1.29 is 4.79 Å². The Labute approximate surface area is 117 Å². The van der Waals surface area contributed by atoms with Gasteiger partial charge < -0.3 is 0 Å². The number of hydrogen-bond donors (Lipinski definition) is 0. The lowest BCUT2D eigenvalue weighted by molar-refractivity contribution is -0.128. The van der Waals surface area contributed by atoms with E-state index >= 15 is 0 Å². The van der Waals surface area contributed by atoms with Crippen LogP contribution in [0.3, 0.4) is 0 Å². The number of Topliss-reactive ketones (excluding diaryl/α,β-unsaturated/α-hetero) is 1. The molecule has 104 valence electrons. The van der Waals surface area contributed by atoms with Gasteiger partial charge in [-0.2, -0.15) is 0 Å². The third kappa shape index (κ3) is 2.91. The molecule has 1 aliphatic carbocycles. The summed E-state index contributed by atoms with van der Waals surface area (Å²) in [7, 11) is 0. The fourth-order valence-corrected chi connectivity index (χ4v) is 3.51. The SMILES string of the molecule is Cc1cc(C)cc(C(C)(C)C2CCC(C)CC2=O)c1. The summed E-state index contributed by atoms with van der Waals surface area (Å²) in [4.78, 5) is 12.4. The van der Waals surface area contributed by atoms with Crippen LogP contribution in [0.25, 0.3) is 0 Å². The van der Waals surface area contributed by atoms with Crippen molar-refractivity contribution in [3.63, 3.8) is 0 Å². The Hall–Kier alpha value is -1.11. The molecule has 0 saturated heterocycles. The van der Waals surface area contributed by atoms with Crippen LogP contribution in [-0.4, -0.2) is 5.78 Å². The van der Waals surface area contributed by atoms with Crippen LogP contribution in [0.2, 0.25) is 0 Å². The molecule has 2 unspecified atom stereocenters. The van der Waals surface area contributed by atoms with Gasteiger partial charge in [0.05, 0.1) is 0 Å². The first-order chi connectivity index (χ1) is 8.80. The Kier molecular flexibility index (Phi) is 3.85. The molecule has 1 fully saturated rings. The van der Waals surface area contributed by atoms with E-state index in [1.807, 2.05) is 0 Å². The Bertz CT molecular complexity index is 464. The molecule has 1 aliphatic rings. The van der Waals surface area contributed by atoms with Crippen molar-refractivity contribution in [1.29, 1.82) is 0 Å². The van der Waals surface area contributed by atoms with Gasteiger partial charge in [0.2, 0.25) is 0 Å². The second-order valence-corrected chi connectivity index (χ2v) is 7.00. The molecule has 0 spiro atoms. The van der Waals surface area contributed by atoms with Crippen LogP contribution in [-0.2, 0) is 10.2 Å². The molecule has 1 aromatic carbocycles. The molecule has 1 saturated carbocycles. The summed E-state index contributed by atoms with van der Waals surface area (Å²) in [6, 6.07) is 6.70. The van der Waals surface area contributed by atoms with Crippen LogP contribution in [0.5, 0.6) is 0 Å². The maximum atomic E-state index is 12.4. The van der Waals surface area contributed by atoms with Gasteiger partial charge in [0, 0.05) is 12.3 Å². The number of aryl methyl sites for hydroxylation is 2. The molecule has 0 N–H and O–H groups in total. The van der Waals surface area contributed by atoms with E-state index in [2.05, 4.69) is 52.8 Å². The third-order valence-corrected chi connectivity index (χ3v) is 4.72. The van der Waals surface area contributed by atoms with Gasteiger partial charge in [0.25, 0.3) is 0 Å². The summed E-state index contributed by atoms with van der Waals surface area (Å²) in [6.07, 6.45) is 2.99. The molecule has 1 nitrogen and oxygen atoms in total. The van der Waals surface area contributed by atoms with Crippen LogP contribution in [0, 0.1) is 25.7 Å². The lowest BCUT2D eigenvalue weighted by Gasteiger charge is -2.38. The normalized spacial score (nSPS) is 24.6. The largest absolute Gasteiger partial charge is 0.299 e. The van der Waals surface area contributed by atoms with Gasteiger partial charge in [0.15, 0.2) is 0 Å². The highest BCUT2D eigenvalue weighted by atomic mass is 16.1. The second kappa shape index (κ2) is 5.11. The molecule has 0 heterocycles. The molecule has 0 amide bonds. The average molecular weight is 258 g/mol. The summed E-state index contributed by atoms with van der Waals surface area (Å²) in [5, 5.41) is 0. The van der Waals surface area contributed by atoms with Crippen molar-refractivity contribution in [3.05, 3.63) is 34.9 Å². The highest BCUT2D eigenvalue weighted by Gasteiger charge is 2.39. The predicted molar refractivity (Wildman–Crippen MR) is 80.5 cm³/mol. The first-order valence-electron chi connectivity index (χ1n) is 7.42. The molecule has 2 atom stereocenters. The van der Waals surface area contributed by atoms with Crippen LogP contribution < -0.4 is 0 Å². The Balaban J connectivity index is 2.33. The van der Waals surface area contributed by atoms with Crippen molar-refractivity contribution in [3.8, 4) is 0 Å². The minimum Gasteiger partial charge on any atom is -0.299 e. The Morgan fingerprint density at radius 1 is 1.05 bits per heavy atom. The number of benzene rings is 1. The van der Waals surface area contributed by atoms with Gasteiger partial charge in [0.1, 0.15) is 5.78 Å². The highest BCUT2D eigenvalue weighted by molar-refractivity contribution is 5.83. The lowest BCUT2D eigenvalue weighted by atomic mass is 9.65. The van der Waals surface area contributed by atoms with Crippen LogP contribution in [0.15, 0.2) is 18.2 Å². The minimum atomic E-state index is -0.0476. The molecule has 0 radical (unpaired) electrons. The number of hydrogen-bond acceptors (Lipinski definition) is 1. The third-order valence-electron chi connectivity index (χ3n) is 4.72. The molecule has 19 heavy (non-hydrogen) atoms. The number of ketones is 1. The molecule has 1 heteroatoms. The standard InChI is InChI=1S/C18H26O/c1-12-6-7-16(17(19)11-12)18(4,5)15-9-13(2)8-14(3)10-15/h8-10,12,16H,6-7,11H2,1-5H3. The van der Waals surface area contributed by atoms with E-state index in [-0.39, 0.29) is 11.3 Å². The summed E-state index contributed by atoms with van der Waals surface area (Å²) in [5.74, 6) is 1.21. The fourth-order valence-electron chi connectivity index (χ4n) is 3.51. The van der Waals surface area contributed by atoms with E-state index in [9.17, 15) is 4.79 Å². The van der Waals surface area contributed by atoms with E-state index in [1.165, 1.54) is 23.1 Å². The van der Waals surface area contributed by atoms with E-state index < -0.39 is 0 Å². The molecular formula is C18H26O. The van der Waals surface area contributed by atoms with Crippen LogP contribution in [0.4, 0.5) is 0 Å². The van der Waals surface area contributed by atoms with Crippen molar-refractivity contribution in [2.24, 2.45) is 11.8 Å². The topological polar surface area (TPSA) is 17.1 Å². The zero-order valence-electron chi connectivity index (χ0n) is 12.9. The van der Waals surface area contributed by atoms with Crippen LogP contribution in [0.1, 0.15) is 56.7 Å². The maximum absolute atomic E-state index is 12.4. The average Bonchev–Trinajstić information content (AvgIpc) is 2.26. The predicted octanol–water partition coefficient (Wildman–Crippen LogP) is 4.59. The van der Waals surface area contributed by atoms with Crippen molar-refractivity contribution in [2.75, 3.05) is 0 Å². The molecule has 0 aliphatic heterocycles. The van der Waals surface area contributed by atoms with Crippen LogP contribution >= 0.6 is 0 Å². The van der Waals surface area contributed by atoms with Crippen molar-refractivity contribution in [2.45, 2.75) is 59.3 Å². The van der Waals surface area contributed by atoms with Gasteiger partial charge in [-0.1, -0.05) is 50.1 Å². The number of rotatable bonds is 2. The molecular weight excluding hydrogens is 232 g/mol. The van der Waals surface area contributed by atoms with Gasteiger partial charge in [-0.3, -0.25) is 4.79 Å². The smallest absolute Gasteiger partial charge is 0.137 e. The first-order valence-corrected chi connectivity index (χ1v) is 7.42. The first kappa shape index (κ1) is 14.3. The molecule has 0 bridgehead atoms. The van der Waals surface area contributed by atoms with Gasteiger partial charge in [-0.05, 0) is 43.6 Å². The lowest BCUT2D eigenvalue weighted by Crippen LogP contribution is -2.38. The second-order valence-electron chi connectivity index (χ2n) is 7.00. The Morgan fingerprint density at radius 2 is 1.63 bits per heavy atom. The summed E-state index contributed by atoms with van der Waals surface area (Å²) < 4.78 is 0. The summed E-state index contributed by atoms with van der Waals surface area (Å²) >= 11 is 0. The molecule has 0 aromatic heterocycles. The van der Waals surface area contributed by atoms with Gasteiger partial charge in [-0.15, -0.1) is 0 Å². The highest BCUT2D eigenvalue weighted by Crippen LogP contribution is 2.40. The molecule has 2 rings (SSSR count). The quantitative estimate of drug-likeness (QED) is 0.758. The van der Waals surface area contributed by atoms with Crippen molar-refractivity contribution >= 4 is 5.78 Å².